The molecule has 112 valence electrons. The third-order valence-corrected chi connectivity index (χ3v) is 5.35. The van der Waals surface area contributed by atoms with Crippen LogP contribution in [-0.4, -0.2) is 26.5 Å². The number of nitrogens with zero attached hydrogens (tertiary/aromatic N) is 3. The molecule has 0 aliphatic carbocycles. The van der Waals surface area contributed by atoms with Crippen LogP contribution in [-0.2, 0) is 13.0 Å². The molecule has 22 heavy (non-hydrogen) atoms. The van der Waals surface area contributed by atoms with Gasteiger partial charge in [0.1, 0.15) is 16.5 Å². The summed E-state index contributed by atoms with van der Waals surface area (Å²) in [4.78, 5) is 21.1. The second-order valence-corrected chi connectivity index (χ2v) is 6.89. The first-order valence-electron chi connectivity index (χ1n) is 7.08. The van der Waals surface area contributed by atoms with Gasteiger partial charge in [0, 0.05) is 47.7 Å². The maximum atomic E-state index is 12.4. The molecular weight excluding hydrogens is 316 g/mol. The number of amides is 1. The van der Waals surface area contributed by atoms with E-state index in [1.54, 1.807) is 11.3 Å². The first kappa shape index (κ1) is 13.7. The van der Waals surface area contributed by atoms with Crippen molar-refractivity contribution in [2.45, 2.75) is 25.4 Å². The largest absolute Gasteiger partial charge is 0.346 e. The Morgan fingerprint density at radius 2 is 2.36 bits per heavy atom. The van der Waals surface area contributed by atoms with E-state index < -0.39 is 0 Å². The summed E-state index contributed by atoms with van der Waals surface area (Å²) in [7, 11) is 0. The molecule has 3 aromatic heterocycles. The minimum atomic E-state index is -0.0914. The van der Waals surface area contributed by atoms with Gasteiger partial charge in [-0.05, 0) is 17.9 Å². The summed E-state index contributed by atoms with van der Waals surface area (Å²) in [5.41, 5.74) is 1.58. The van der Waals surface area contributed by atoms with E-state index in [0.717, 1.165) is 35.8 Å². The molecule has 0 saturated heterocycles. The van der Waals surface area contributed by atoms with Gasteiger partial charge in [-0.15, -0.1) is 11.3 Å². The van der Waals surface area contributed by atoms with E-state index in [0.29, 0.717) is 5.69 Å². The second-order valence-electron chi connectivity index (χ2n) is 5.25. The standard InChI is InChI=1S/C15H14N4OS2/c20-14(12-9-22-15(18-12)10-3-6-21-8-10)17-11-1-2-13-16-4-5-19(13)7-11/h3-6,8-9,11H,1-2,7H2,(H,17,20)/t11-/m1/s1. The Kier molecular flexibility index (Phi) is 3.51. The van der Waals surface area contributed by atoms with Crippen molar-refractivity contribution < 1.29 is 4.79 Å². The fourth-order valence-electron chi connectivity index (χ4n) is 2.64. The Bertz CT molecular complexity index is 790. The number of hydrogen-bond donors (Lipinski definition) is 1. The number of thiazole rings is 1. The Balaban J connectivity index is 1.45. The highest BCUT2D eigenvalue weighted by atomic mass is 32.1. The van der Waals surface area contributed by atoms with Crippen LogP contribution >= 0.6 is 22.7 Å². The molecule has 0 radical (unpaired) electrons. The van der Waals surface area contributed by atoms with Crippen molar-refractivity contribution in [3.05, 3.63) is 46.1 Å². The molecule has 1 N–H and O–H groups in total. The highest BCUT2D eigenvalue weighted by Crippen LogP contribution is 2.25. The topological polar surface area (TPSA) is 59.8 Å². The number of aryl methyl sites for hydroxylation is 1. The summed E-state index contributed by atoms with van der Waals surface area (Å²) < 4.78 is 2.10. The van der Waals surface area contributed by atoms with Crippen molar-refractivity contribution in [2.75, 3.05) is 0 Å². The molecule has 3 aromatic rings. The quantitative estimate of drug-likeness (QED) is 0.803. The molecule has 5 nitrogen and oxygen atoms in total. The second kappa shape index (κ2) is 5.66. The van der Waals surface area contributed by atoms with E-state index in [-0.39, 0.29) is 11.9 Å². The molecule has 7 heteroatoms. The Morgan fingerprint density at radius 3 is 3.23 bits per heavy atom. The normalized spacial score (nSPS) is 17.2. The van der Waals surface area contributed by atoms with Gasteiger partial charge in [-0.1, -0.05) is 0 Å². The van der Waals surface area contributed by atoms with Crippen LogP contribution in [0.5, 0.6) is 0 Å². The van der Waals surface area contributed by atoms with Crippen LogP contribution in [0.2, 0.25) is 0 Å². The summed E-state index contributed by atoms with van der Waals surface area (Å²) in [6, 6.07) is 2.16. The van der Waals surface area contributed by atoms with E-state index >= 15 is 0 Å². The molecule has 0 fully saturated rings. The van der Waals surface area contributed by atoms with E-state index in [1.807, 2.05) is 34.6 Å². The minimum Gasteiger partial charge on any atom is -0.346 e. The highest BCUT2D eigenvalue weighted by Gasteiger charge is 2.22. The lowest BCUT2D eigenvalue weighted by atomic mass is 10.1. The molecule has 1 aliphatic heterocycles. The molecule has 1 amide bonds. The molecule has 0 saturated carbocycles. The molecule has 0 unspecified atom stereocenters. The van der Waals surface area contributed by atoms with Crippen molar-refractivity contribution in [1.82, 2.24) is 19.9 Å². The number of carbonyl (C=O) groups is 1. The number of thiophene rings is 1. The SMILES string of the molecule is O=C(N[C@@H]1CCc2nccn2C1)c1csc(-c2ccsc2)n1. The van der Waals surface area contributed by atoms with E-state index in [4.69, 9.17) is 0 Å². The summed E-state index contributed by atoms with van der Waals surface area (Å²) >= 11 is 3.14. The van der Waals surface area contributed by atoms with E-state index in [2.05, 4.69) is 19.9 Å². The van der Waals surface area contributed by atoms with Crippen LogP contribution < -0.4 is 5.32 Å². The third kappa shape index (κ3) is 2.57. The van der Waals surface area contributed by atoms with Crippen LogP contribution in [0.1, 0.15) is 22.7 Å². The van der Waals surface area contributed by atoms with Crippen LogP contribution in [0.25, 0.3) is 10.6 Å². The molecule has 0 spiro atoms. The van der Waals surface area contributed by atoms with Crippen molar-refractivity contribution in [3.8, 4) is 10.6 Å². The van der Waals surface area contributed by atoms with Gasteiger partial charge in [0.05, 0.1) is 0 Å². The summed E-state index contributed by atoms with van der Waals surface area (Å²) in [6.07, 6.45) is 5.59. The smallest absolute Gasteiger partial charge is 0.271 e. The molecule has 0 bridgehead atoms. The zero-order chi connectivity index (χ0) is 14.9. The summed E-state index contributed by atoms with van der Waals surface area (Å²) in [6.45, 7) is 0.780. The summed E-state index contributed by atoms with van der Waals surface area (Å²) in [5, 5.41) is 9.87. The predicted molar refractivity (Wildman–Crippen MR) is 87.2 cm³/mol. The minimum absolute atomic E-state index is 0.0914. The Hall–Kier alpha value is -1.99. The maximum Gasteiger partial charge on any atom is 0.271 e. The zero-order valence-electron chi connectivity index (χ0n) is 11.7. The van der Waals surface area contributed by atoms with Crippen molar-refractivity contribution in [2.24, 2.45) is 0 Å². The van der Waals surface area contributed by atoms with Crippen LogP contribution in [0, 0.1) is 0 Å². The highest BCUT2D eigenvalue weighted by molar-refractivity contribution is 7.14. The van der Waals surface area contributed by atoms with Crippen LogP contribution in [0.15, 0.2) is 34.6 Å². The lowest BCUT2D eigenvalue weighted by Crippen LogP contribution is -2.41. The number of carbonyl (C=O) groups excluding carboxylic acids is 1. The van der Waals surface area contributed by atoms with Crippen LogP contribution in [0.3, 0.4) is 0 Å². The van der Waals surface area contributed by atoms with Gasteiger partial charge in [0.25, 0.3) is 5.91 Å². The first-order chi connectivity index (χ1) is 10.8. The molecule has 4 rings (SSSR count). The third-order valence-electron chi connectivity index (χ3n) is 3.78. The fraction of sp³-hybridized carbons (Fsp3) is 0.267. The predicted octanol–water partition coefficient (Wildman–Crippen LogP) is 2.81. The number of hydrogen-bond acceptors (Lipinski definition) is 5. The molecule has 1 aliphatic rings. The molecule has 1 atom stereocenters. The Labute approximate surface area is 135 Å². The number of imidazole rings is 1. The van der Waals surface area contributed by atoms with Gasteiger partial charge in [-0.2, -0.15) is 11.3 Å². The van der Waals surface area contributed by atoms with Gasteiger partial charge in [0.15, 0.2) is 0 Å². The molecular formula is C15H14N4OS2. The average molecular weight is 330 g/mol. The maximum absolute atomic E-state index is 12.4. The molecule has 4 heterocycles. The summed E-state index contributed by atoms with van der Waals surface area (Å²) in [5.74, 6) is 1.00. The van der Waals surface area contributed by atoms with Gasteiger partial charge in [-0.25, -0.2) is 9.97 Å². The molecule has 0 aromatic carbocycles. The lowest BCUT2D eigenvalue weighted by molar-refractivity contribution is 0.0923. The number of nitrogens with one attached hydrogen (secondary N) is 1. The van der Waals surface area contributed by atoms with E-state index in [9.17, 15) is 4.79 Å². The fourth-order valence-corrected chi connectivity index (χ4v) is 4.15. The van der Waals surface area contributed by atoms with Gasteiger partial charge in [-0.3, -0.25) is 4.79 Å². The monoisotopic (exact) mass is 330 g/mol. The lowest BCUT2D eigenvalue weighted by Gasteiger charge is -2.24. The van der Waals surface area contributed by atoms with Gasteiger partial charge >= 0.3 is 0 Å². The van der Waals surface area contributed by atoms with Gasteiger partial charge in [0.2, 0.25) is 0 Å². The van der Waals surface area contributed by atoms with E-state index in [1.165, 1.54) is 11.3 Å². The first-order valence-corrected chi connectivity index (χ1v) is 8.91. The van der Waals surface area contributed by atoms with Crippen LogP contribution in [0.4, 0.5) is 0 Å². The average Bonchev–Trinajstić information content (AvgIpc) is 3.26. The van der Waals surface area contributed by atoms with Gasteiger partial charge < -0.3 is 9.88 Å². The number of aromatic nitrogens is 3. The van der Waals surface area contributed by atoms with Crippen molar-refractivity contribution in [1.29, 1.82) is 0 Å². The number of rotatable bonds is 3. The zero-order valence-corrected chi connectivity index (χ0v) is 13.4. The van der Waals surface area contributed by atoms with Crippen molar-refractivity contribution >= 4 is 28.6 Å². The number of fused-ring (bicyclic) bond motifs is 1. The van der Waals surface area contributed by atoms with Crippen molar-refractivity contribution in [3.63, 3.8) is 0 Å². The Morgan fingerprint density at radius 1 is 1.41 bits per heavy atom.